The predicted octanol–water partition coefficient (Wildman–Crippen LogP) is 1.74. The molecule has 19 heavy (non-hydrogen) atoms. The Hall–Kier alpha value is -0.620. The fourth-order valence-electron chi connectivity index (χ4n) is 2.03. The number of nitrogens with one attached hydrogen (secondary N) is 2. The molecule has 0 radical (unpaired) electrons. The van der Waals surface area contributed by atoms with Crippen LogP contribution in [0, 0.1) is 0 Å². The summed E-state index contributed by atoms with van der Waals surface area (Å²) in [6.45, 7) is 5.63. The van der Waals surface area contributed by atoms with E-state index in [-0.39, 0.29) is 5.91 Å². The first-order chi connectivity index (χ1) is 9.16. The average Bonchev–Trinajstić information content (AvgIpc) is 2.39. The Kier molecular flexibility index (Phi) is 5.63. The Labute approximate surface area is 126 Å². The fraction of sp³-hybridized carbons (Fsp3) is 0.462. The summed E-state index contributed by atoms with van der Waals surface area (Å²) in [5.41, 5.74) is 0.519. The summed E-state index contributed by atoms with van der Waals surface area (Å²) in [6.07, 6.45) is 0. The molecule has 0 saturated carbocycles. The van der Waals surface area contributed by atoms with Gasteiger partial charge in [0.2, 0.25) is 0 Å². The normalized spacial score (nSPS) is 16.3. The topological polar surface area (TPSA) is 44.4 Å². The quantitative estimate of drug-likeness (QED) is 0.873. The molecule has 1 saturated heterocycles. The molecule has 1 aliphatic heterocycles. The second kappa shape index (κ2) is 7.24. The van der Waals surface area contributed by atoms with Crippen LogP contribution >= 0.6 is 27.5 Å². The largest absolute Gasteiger partial charge is 0.351 e. The third-order valence-electron chi connectivity index (χ3n) is 3.10. The molecule has 2 N–H and O–H groups in total. The van der Waals surface area contributed by atoms with Crippen molar-refractivity contribution in [3.05, 3.63) is 33.3 Å². The highest BCUT2D eigenvalue weighted by Gasteiger charge is 2.12. The summed E-state index contributed by atoms with van der Waals surface area (Å²) in [5.74, 6) is -0.118. The molecular formula is C13H17BrClN3O. The molecule has 1 aromatic rings. The first kappa shape index (κ1) is 14.8. The third kappa shape index (κ3) is 4.45. The van der Waals surface area contributed by atoms with E-state index in [1.165, 1.54) is 0 Å². The Bertz CT molecular complexity index is 450. The van der Waals surface area contributed by atoms with Crippen molar-refractivity contribution in [1.29, 1.82) is 0 Å². The van der Waals surface area contributed by atoms with Gasteiger partial charge in [-0.25, -0.2) is 0 Å². The average molecular weight is 347 g/mol. The van der Waals surface area contributed by atoms with Crippen LogP contribution in [-0.4, -0.2) is 50.1 Å². The van der Waals surface area contributed by atoms with Crippen LogP contribution < -0.4 is 10.6 Å². The molecule has 0 atom stereocenters. The van der Waals surface area contributed by atoms with Crippen LogP contribution in [0.15, 0.2) is 22.7 Å². The van der Waals surface area contributed by atoms with Crippen LogP contribution in [0.1, 0.15) is 10.4 Å². The molecule has 1 amide bonds. The van der Waals surface area contributed by atoms with Crippen molar-refractivity contribution in [2.45, 2.75) is 0 Å². The Balaban J connectivity index is 1.80. The van der Waals surface area contributed by atoms with Crippen molar-refractivity contribution in [3.63, 3.8) is 0 Å². The summed E-state index contributed by atoms with van der Waals surface area (Å²) < 4.78 is 0.870. The number of rotatable bonds is 4. The minimum absolute atomic E-state index is 0.118. The molecule has 1 fully saturated rings. The van der Waals surface area contributed by atoms with Gasteiger partial charge in [-0.3, -0.25) is 9.69 Å². The first-order valence-corrected chi connectivity index (χ1v) is 7.50. The number of benzene rings is 1. The van der Waals surface area contributed by atoms with E-state index in [4.69, 9.17) is 11.6 Å². The maximum absolute atomic E-state index is 12.0. The maximum atomic E-state index is 12.0. The van der Waals surface area contributed by atoms with Crippen LogP contribution in [0.5, 0.6) is 0 Å². The van der Waals surface area contributed by atoms with Crippen LogP contribution in [0.4, 0.5) is 0 Å². The zero-order valence-corrected chi connectivity index (χ0v) is 12.9. The number of amides is 1. The van der Waals surface area contributed by atoms with Crippen LogP contribution in [-0.2, 0) is 0 Å². The lowest BCUT2D eigenvalue weighted by molar-refractivity contribution is 0.0947. The number of hydrogen-bond acceptors (Lipinski definition) is 3. The smallest absolute Gasteiger partial charge is 0.252 e. The van der Waals surface area contributed by atoms with E-state index in [1.54, 1.807) is 12.1 Å². The van der Waals surface area contributed by atoms with Crippen molar-refractivity contribution < 1.29 is 4.79 Å². The lowest BCUT2D eigenvalue weighted by atomic mass is 10.2. The molecule has 0 spiro atoms. The van der Waals surface area contributed by atoms with Gasteiger partial charge in [0.25, 0.3) is 5.91 Å². The zero-order valence-electron chi connectivity index (χ0n) is 10.6. The minimum Gasteiger partial charge on any atom is -0.351 e. The molecule has 1 aromatic carbocycles. The van der Waals surface area contributed by atoms with Crippen LogP contribution in [0.2, 0.25) is 5.02 Å². The lowest BCUT2D eigenvalue weighted by Crippen LogP contribution is -2.46. The highest BCUT2D eigenvalue weighted by molar-refractivity contribution is 9.10. The molecular weight excluding hydrogens is 330 g/mol. The fourth-order valence-corrected chi connectivity index (χ4v) is 2.79. The molecule has 1 aliphatic rings. The summed E-state index contributed by atoms with van der Waals surface area (Å²) in [5, 5.41) is 6.67. The van der Waals surface area contributed by atoms with Crippen molar-refractivity contribution >= 4 is 33.4 Å². The molecule has 104 valence electrons. The number of hydrogen-bond donors (Lipinski definition) is 2. The molecule has 6 heteroatoms. The molecule has 1 heterocycles. The molecule has 0 unspecified atom stereocenters. The zero-order chi connectivity index (χ0) is 13.7. The molecule has 0 aliphatic carbocycles. The number of carbonyl (C=O) groups is 1. The van der Waals surface area contributed by atoms with E-state index in [0.717, 1.165) is 37.2 Å². The van der Waals surface area contributed by atoms with Crippen molar-refractivity contribution in [3.8, 4) is 0 Å². The Morgan fingerprint density at radius 2 is 2.16 bits per heavy atom. The minimum atomic E-state index is -0.118. The summed E-state index contributed by atoms with van der Waals surface area (Å²) in [4.78, 5) is 14.3. The van der Waals surface area contributed by atoms with E-state index < -0.39 is 0 Å². The monoisotopic (exact) mass is 345 g/mol. The van der Waals surface area contributed by atoms with Gasteiger partial charge in [0.05, 0.1) is 10.6 Å². The van der Waals surface area contributed by atoms with Gasteiger partial charge in [-0.15, -0.1) is 0 Å². The number of halogens is 2. The standard InChI is InChI=1S/C13H17BrClN3O/c14-10-1-2-11(12(15)9-10)13(19)17-5-8-18-6-3-16-4-7-18/h1-2,9,16H,3-8H2,(H,17,19). The highest BCUT2D eigenvalue weighted by Crippen LogP contribution is 2.21. The molecule has 2 rings (SSSR count). The Morgan fingerprint density at radius 3 is 2.84 bits per heavy atom. The molecule has 4 nitrogen and oxygen atoms in total. The summed E-state index contributed by atoms with van der Waals surface area (Å²) >= 11 is 9.36. The lowest BCUT2D eigenvalue weighted by Gasteiger charge is -2.27. The number of nitrogens with zero attached hydrogens (tertiary/aromatic N) is 1. The van der Waals surface area contributed by atoms with Gasteiger partial charge >= 0.3 is 0 Å². The molecule has 0 bridgehead atoms. The van der Waals surface area contributed by atoms with E-state index >= 15 is 0 Å². The second-order valence-electron chi connectivity index (χ2n) is 4.47. The van der Waals surface area contributed by atoms with Gasteiger partial charge in [-0.2, -0.15) is 0 Å². The SMILES string of the molecule is O=C(NCCN1CCNCC1)c1ccc(Br)cc1Cl. The van der Waals surface area contributed by atoms with E-state index in [2.05, 4.69) is 31.5 Å². The van der Waals surface area contributed by atoms with Gasteiger partial charge in [-0.1, -0.05) is 27.5 Å². The van der Waals surface area contributed by atoms with Gasteiger partial charge in [0, 0.05) is 43.7 Å². The first-order valence-electron chi connectivity index (χ1n) is 6.33. The third-order valence-corrected chi connectivity index (χ3v) is 3.90. The van der Waals surface area contributed by atoms with Gasteiger partial charge in [0.1, 0.15) is 0 Å². The Morgan fingerprint density at radius 1 is 1.42 bits per heavy atom. The van der Waals surface area contributed by atoms with Crippen molar-refractivity contribution in [2.24, 2.45) is 0 Å². The van der Waals surface area contributed by atoms with Crippen molar-refractivity contribution in [2.75, 3.05) is 39.3 Å². The molecule has 0 aromatic heterocycles. The highest BCUT2D eigenvalue weighted by atomic mass is 79.9. The van der Waals surface area contributed by atoms with Gasteiger partial charge in [0.15, 0.2) is 0 Å². The predicted molar refractivity (Wildman–Crippen MR) is 80.8 cm³/mol. The maximum Gasteiger partial charge on any atom is 0.252 e. The van der Waals surface area contributed by atoms with Gasteiger partial charge in [-0.05, 0) is 18.2 Å². The van der Waals surface area contributed by atoms with E-state index in [1.807, 2.05) is 6.07 Å². The number of carbonyl (C=O) groups excluding carboxylic acids is 1. The van der Waals surface area contributed by atoms with Gasteiger partial charge < -0.3 is 10.6 Å². The van der Waals surface area contributed by atoms with E-state index in [0.29, 0.717) is 17.1 Å². The summed E-state index contributed by atoms with van der Waals surface area (Å²) in [6, 6.07) is 5.27. The summed E-state index contributed by atoms with van der Waals surface area (Å²) in [7, 11) is 0. The second-order valence-corrected chi connectivity index (χ2v) is 5.79. The van der Waals surface area contributed by atoms with Crippen molar-refractivity contribution in [1.82, 2.24) is 15.5 Å². The van der Waals surface area contributed by atoms with Crippen LogP contribution in [0.3, 0.4) is 0 Å². The van der Waals surface area contributed by atoms with E-state index in [9.17, 15) is 4.79 Å². The van der Waals surface area contributed by atoms with Crippen LogP contribution in [0.25, 0.3) is 0 Å². The number of piperazine rings is 1.